The van der Waals surface area contributed by atoms with Crippen LogP contribution < -0.4 is 5.32 Å². The van der Waals surface area contributed by atoms with E-state index in [1.165, 1.54) is 12.8 Å². The van der Waals surface area contributed by atoms with Crippen LogP contribution in [0.4, 0.5) is 13.2 Å². The fourth-order valence-electron chi connectivity index (χ4n) is 2.64. The summed E-state index contributed by atoms with van der Waals surface area (Å²) in [6.45, 7) is 2.70. The maximum Gasteiger partial charge on any atom is 0.411 e. The normalized spacial score (nSPS) is 30.0. The van der Waals surface area contributed by atoms with Gasteiger partial charge in [0.25, 0.3) is 0 Å². The molecule has 0 radical (unpaired) electrons. The van der Waals surface area contributed by atoms with Crippen LogP contribution in [0.2, 0.25) is 0 Å². The average Bonchev–Trinajstić information content (AvgIpc) is 3.02. The van der Waals surface area contributed by atoms with Gasteiger partial charge in [-0.3, -0.25) is 4.90 Å². The Kier molecular flexibility index (Phi) is 4.50. The minimum absolute atomic E-state index is 0.119. The van der Waals surface area contributed by atoms with Crippen LogP contribution in [-0.4, -0.2) is 55.5 Å². The predicted octanol–water partition coefficient (Wildman–Crippen LogP) is 1.78. The third-order valence-electron chi connectivity index (χ3n) is 3.58. The molecule has 2 fully saturated rings. The number of nitrogens with zero attached hydrogens (tertiary/aromatic N) is 1. The molecule has 0 amide bonds. The van der Waals surface area contributed by atoms with E-state index in [1.807, 2.05) is 0 Å². The van der Waals surface area contributed by atoms with Gasteiger partial charge in [0.2, 0.25) is 0 Å². The van der Waals surface area contributed by atoms with Crippen molar-refractivity contribution in [3.8, 4) is 0 Å². The van der Waals surface area contributed by atoms with Crippen LogP contribution in [0.1, 0.15) is 26.2 Å². The fourth-order valence-corrected chi connectivity index (χ4v) is 2.64. The maximum atomic E-state index is 11.8. The van der Waals surface area contributed by atoms with Gasteiger partial charge in [0.1, 0.15) is 6.61 Å². The summed E-state index contributed by atoms with van der Waals surface area (Å²) in [7, 11) is 0. The summed E-state index contributed by atoms with van der Waals surface area (Å²) in [5.41, 5.74) is 0. The molecule has 0 spiro atoms. The van der Waals surface area contributed by atoms with Crippen molar-refractivity contribution < 1.29 is 17.9 Å². The number of halogens is 3. The zero-order valence-electron chi connectivity index (χ0n) is 10.7. The largest absolute Gasteiger partial charge is 0.411 e. The van der Waals surface area contributed by atoms with Crippen LogP contribution in [-0.2, 0) is 4.74 Å². The van der Waals surface area contributed by atoms with Crippen molar-refractivity contribution in [2.45, 2.75) is 50.5 Å². The molecule has 1 heterocycles. The standard InChI is InChI=1S/C12H21F3N2O/c1-9-6-10(7-17(9)11-2-3-11)16-4-5-18-8-12(13,14)15/h9-11,16H,2-8H2,1H3. The first kappa shape index (κ1) is 14.1. The Morgan fingerprint density at radius 3 is 2.67 bits per heavy atom. The lowest BCUT2D eigenvalue weighted by molar-refractivity contribution is -0.173. The Balaban J connectivity index is 1.55. The Hall–Kier alpha value is -0.330. The second-order valence-corrected chi connectivity index (χ2v) is 5.33. The van der Waals surface area contributed by atoms with Crippen LogP contribution in [0.15, 0.2) is 0 Å². The topological polar surface area (TPSA) is 24.5 Å². The molecule has 18 heavy (non-hydrogen) atoms. The van der Waals surface area contributed by atoms with Crippen LogP contribution >= 0.6 is 0 Å². The van der Waals surface area contributed by atoms with Gasteiger partial charge in [-0.2, -0.15) is 13.2 Å². The molecule has 2 atom stereocenters. The molecular formula is C12H21F3N2O. The predicted molar refractivity (Wildman–Crippen MR) is 62.5 cm³/mol. The first-order valence-electron chi connectivity index (χ1n) is 6.59. The summed E-state index contributed by atoms with van der Waals surface area (Å²) < 4.78 is 40.1. The lowest BCUT2D eigenvalue weighted by Crippen LogP contribution is -2.36. The lowest BCUT2D eigenvalue weighted by atomic mass is 10.2. The summed E-state index contributed by atoms with van der Waals surface area (Å²) in [5.74, 6) is 0. The fraction of sp³-hybridized carbons (Fsp3) is 1.00. The molecular weight excluding hydrogens is 245 g/mol. The molecule has 2 aliphatic rings. The summed E-state index contributed by atoms with van der Waals surface area (Å²) in [6, 6.07) is 1.74. The smallest absolute Gasteiger partial charge is 0.371 e. The molecule has 1 aliphatic carbocycles. The van der Waals surface area contributed by atoms with E-state index in [0.29, 0.717) is 18.6 Å². The number of nitrogens with one attached hydrogen (secondary N) is 1. The van der Waals surface area contributed by atoms with Gasteiger partial charge in [-0.25, -0.2) is 0 Å². The SMILES string of the molecule is CC1CC(NCCOCC(F)(F)F)CN1C1CC1. The van der Waals surface area contributed by atoms with Crippen molar-refractivity contribution in [2.24, 2.45) is 0 Å². The molecule has 106 valence electrons. The van der Waals surface area contributed by atoms with E-state index in [-0.39, 0.29) is 6.61 Å². The number of hydrogen-bond acceptors (Lipinski definition) is 3. The Labute approximate surface area is 106 Å². The highest BCUT2D eigenvalue weighted by Crippen LogP contribution is 2.33. The molecule has 3 nitrogen and oxygen atoms in total. The van der Waals surface area contributed by atoms with Crippen molar-refractivity contribution in [3.05, 3.63) is 0 Å². The van der Waals surface area contributed by atoms with Gasteiger partial charge in [0.15, 0.2) is 0 Å². The molecule has 1 aliphatic heterocycles. The van der Waals surface area contributed by atoms with Crippen LogP contribution in [0.3, 0.4) is 0 Å². The van der Waals surface area contributed by atoms with Crippen molar-refractivity contribution >= 4 is 0 Å². The molecule has 0 aromatic rings. The number of alkyl halides is 3. The van der Waals surface area contributed by atoms with Crippen LogP contribution in [0.5, 0.6) is 0 Å². The Bertz CT molecular complexity index is 269. The molecule has 1 saturated carbocycles. The number of ether oxygens (including phenoxy) is 1. The van der Waals surface area contributed by atoms with Gasteiger partial charge >= 0.3 is 6.18 Å². The zero-order valence-corrected chi connectivity index (χ0v) is 10.7. The van der Waals surface area contributed by atoms with E-state index in [2.05, 4.69) is 21.9 Å². The molecule has 0 aromatic heterocycles. The van der Waals surface area contributed by atoms with Crippen LogP contribution in [0, 0.1) is 0 Å². The van der Waals surface area contributed by atoms with E-state index in [4.69, 9.17) is 0 Å². The number of hydrogen-bond donors (Lipinski definition) is 1. The van der Waals surface area contributed by atoms with Gasteiger partial charge in [0, 0.05) is 31.2 Å². The first-order valence-corrected chi connectivity index (χ1v) is 6.59. The number of rotatable bonds is 6. The monoisotopic (exact) mass is 266 g/mol. The second kappa shape index (κ2) is 5.75. The highest BCUT2D eigenvalue weighted by atomic mass is 19.4. The van der Waals surface area contributed by atoms with E-state index in [9.17, 15) is 13.2 Å². The lowest BCUT2D eigenvalue weighted by Gasteiger charge is -2.19. The minimum Gasteiger partial charge on any atom is -0.371 e. The molecule has 1 saturated heterocycles. The van der Waals surface area contributed by atoms with Crippen LogP contribution in [0.25, 0.3) is 0 Å². The van der Waals surface area contributed by atoms with Gasteiger partial charge in [-0.1, -0.05) is 0 Å². The third-order valence-corrected chi connectivity index (χ3v) is 3.58. The summed E-state index contributed by atoms with van der Waals surface area (Å²) in [6.07, 6.45) is -0.544. The molecule has 6 heteroatoms. The van der Waals surface area contributed by atoms with Crippen molar-refractivity contribution in [3.63, 3.8) is 0 Å². The maximum absolute atomic E-state index is 11.8. The third kappa shape index (κ3) is 4.40. The van der Waals surface area contributed by atoms with Crippen molar-refractivity contribution in [1.29, 1.82) is 0 Å². The summed E-state index contributed by atoms with van der Waals surface area (Å²) in [4.78, 5) is 2.51. The summed E-state index contributed by atoms with van der Waals surface area (Å²) >= 11 is 0. The molecule has 1 N–H and O–H groups in total. The van der Waals surface area contributed by atoms with Crippen molar-refractivity contribution in [2.75, 3.05) is 26.3 Å². The van der Waals surface area contributed by atoms with Gasteiger partial charge < -0.3 is 10.1 Å². The van der Waals surface area contributed by atoms with E-state index < -0.39 is 12.8 Å². The zero-order chi connectivity index (χ0) is 13.2. The van der Waals surface area contributed by atoms with Gasteiger partial charge in [-0.15, -0.1) is 0 Å². The quantitative estimate of drug-likeness (QED) is 0.742. The molecule has 0 bridgehead atoms. The number of likely N-dealkylation sites (tertiary alicyclic amines) is 1. The first-order chi connectivity index (χ1) is 8.46. The minimum atomic E-state index is -4.22. The van der Waals surface area contributed by atoms with Crippen molar-refractivity contribution in [1.82, 2.24) is 10.2 Å². The second-order valence-electron chi connectivity index (χ2n) is 5.33. The van der Waals surface area contributed by atoms with E-state index in [0.717, 1.165) is 19.0 Å². The van der Waals surface area contributed by atoms with E-state index in [1.54, 1.807) is 0 Å². The van der Waals surface area contributed by atoms with Gasteiger partial charge in [0.05, 0.1) is 6.61 Å². The summed E-state index contributed by atoms with van der Waals surface area (Å²) in [5, 5.41) is 3.28. The molecule has 2 unspecified atom stereocenters. The molecule has 0 aromatic carbocycles. The average molecular weight is 266 g/mol. The van der Waals surface area contributed by atoms with E-state index >= 15 is 0 Å². The molecule has 2 rings (SSSR count). The highest BCUT2D eigenvalue weighted by molar-refractivity contribution is 4.95. The highest BCUT2D eigenvalue weighted by Gasteiger charge is 2.38. The Morgan fingerprint density at radius 1 is 1.33 bits per heavy atom. The van der Waals surface area contributed by atoms with Gasteiger partial charge in [-0.05, 0) is 26.2 Å². The Morgan fingerprint density at radius 2 is 2.06 bits per heavy atom.